The van der Waals surface area contributed by atoms with Crippen molar-refractivity contribution < 1.29 is 19.4 Å². The van der Waals surface area contributed by atoms with Crippen LogP contribution in [0.2, 0.25) is 0 Å². The van der Waals surface area contributed by atoms with E-state index in [9.17, 15) is 9.59 Å². The van der Waals surface area contributed by atoms with E-state index >= 15 is 0 Å². The van der Waals surface area contributed by atoms with Crippen LogP contribution in [0.4, 0.5) is 0 Å². The van der Waals surface area contributed by atoms with Crippen LogP contribution in [0, 0.1) is 0 Å². The van der Waals surface area contributed by atoms with Gasteiger partial charge in [0.05, 0.1) is 18.1 Å². The lowest BCUT2D eigenvalue weighted by Crippen LogP contribution is -2.28. The van der Waals surface area contributed by atoms with Crippen LogP contribution in [0.1, 0.15) is 35.3 Å². The topological polar surface area (TPSA) is 66.8 Å². The standard InChI is InChI=1S/C20H23NO4/c1-14(2)25-18-7-5-4-6-17(18)12-19(22)21(3)13-15-8-10-16(11-9-15)20(23)24/h4-11,14H,12-13H2,1-3H3,(H,23,24). The minimum absolute atomic E-state index is 0.0258. The van der Waals surface area contributed by atoms with Gasteiger partial charge in [-0.05, 0) is 37.6 Å². The van der Waals surface area contributed by atoms with E-state index in [0.717, 1.165) is 16.9 Å². The number of nitrogens with zero attached hydrogens (tertiary/aromatic N) is 1. The molecule has 132 valence electrons. The van der Waals surface area contributed by atoms with Gasteiger partial charge in [-0.25, -0.2) is 4.79 Å². The van der Waals surface area contributed by atoms with E-state index in [1.165, 1.54) is 0 Å². The minimum Gasteiger partial charge on any atom is -0.491 e. The molecule has 0 heterocycles. The van der Waals surface area contributed by atoms with Gasteiger partial charge < -0.3 is 14.7 Å². The van der Waals surface area contributed by atoms with Crippen molar-refractivity contribution >= 4 is 11.9 Å². The lowest BCUT2D eigenvalue weighted by Gasteiger charge is -2.19. The van der Waals surface area contributed by atoms with Gasteiger partial charge in [-0.3, -0.25) is 4.79 Å². The van der Waals surface area contributed by atoms with E-state index in [0.29, 0.717) is 6.54 Å². The zero-order valence-electron chi connectivity index (χ0n) is 14.7. The molecule has 1 N–H and O–H groups in total. The number of carboxylic acids is 1. The summed E-state index contributed by atoms with van der Waals surface area (Å²) in [6.45, 7) is 4.32. The molecule has 0 radical (unpaired) electrons. The van der Waals surface area contributed by atoms with Gasteiger partial charge in [-0.2, -0.15) is 0 Å². The molecule has 0 aromatic heterocycles. The largest absolute Gasteiger partial charge is 0.491 e. The number of benzene rings is 2. The van der Waals surface area contributed by atoms with E-state index in [1.807, 2.05) is 38.1 Å². The number of aromatic carboxylic acids is 1. The summed E-state index contributed by atoms with van der Waals surface area (Å²) in [5.41, 5.74) is 1.97. The molecule has 5 nitrogen and oxygen atoms in total. The summed E-state index contributed by atoms with van der Waals surface area (Å²) in [5.74, 6) is -0.259. The molecule has 0 aliphatic rings. The first-order valence-corrected chi connectivity index (χ1v) is 8.17. The summed E-state index contributed by atoms with van der Waals surface area (Å²) in [6, 6.07) is 14.1. The molecule has 2 aromatic carbocycles. The van der Waals surface area contributed by atoms with Gasteiger partial charge in [0.25, 0.3) is 0 Å². The molecular formula is C20H23NO4. The number of carbonyl (C=O) groups excluding carboxylic acids is 1. The van der Waals surface area contributed by atoms with Crippen molar-refractivity contribution in [2.24, 2.45) is 0 Å². The Kier molecular flexibility index (Phi) is 6.17. The molecule has 2 aromatic rings. The summed E-state index contributed by atoms with van der Waals surface area (Å²) in [7, 11) is 1.74. The van der Waals surface area contributed by atoms with Crippen LogP contribution >= 0.6 is 0 Å². The summed E-state index contributed by atoms with van der Waals surface area (Å²) >= 11 is 0. The molecule has 0 saturated carbocycles. The maximum atomic E-state index is 12.5. The van der Waals surface area contributed by atoms with E-state index in [2.05, 4.69) is 0 Å². The SMILES string of the molecule is CC(C)Oc1ccccc1CC(=O)N(C)Cc1ccc(C(=O)O)cc1. The third kappa shape index (κ3) is 5.35. The second kappa shape index (κ2) is 8.33. The maximum Gasteiger partial charge on any atom is 0.335 e. The number of likely N-dealkylation sites (N-methyl/N-ethyl adjacent to an activating group) is 1. The molecule has 0 aliphatic carbocycles. The summed E-state index contributed by atoms with van der Waals surface area (Å²) in [5, 5.41) is 8.92. The van der Waals surface area contributed by atoms with Gasteiger partial charge in [-0.1, -0.05) is 30.3 Å². The Labute approximate surface area is 147 Å². The molecule has 25 heavy (non-hydrogen) atoms. The third-order valence-corrected chi connectivity index (χ3v) is 3.72. The van der Waals surface area contributed by atoms with Gasteiger partial charge in [0.2, 0.25) is 5.91 Å². The average Bonchev–Trinajstić information content (AvgIpc) is 2.56. The lowest BCUT2D eigenvalue weighted by molar-refractivity contribution is -0.129. The fourth-order valence-electron chi connectivity index (χ4n) is 2.43. The van der Waals surface area contributed by atoms with Crippen molar-refractivity contribution in [2.45, 2.75) is 32.9 Å². The number of carboxylic acid groups (broad SMARTS) is 1. The van der Waals surface area contributed by atoms with Crippen molar-refractivity contribution in [3.8, 4) is 5.75 Å². The first-order valence-electron chi connectivity index (χ1n) is 8.17. The molecule has 0 atom stereocenters. The smallest absolute Gasteiger partial charge is 0.335 e. The van der Waals surface area contributed by atoms with Gasteiger partial charge in [-0.15, -0.1) is 0 Å². The Morgan fingerprint density at radius 3 is 2.32 bits per heavy atom. The monoisotopic (exact) mass is 341 g/mol. The zero-order chi connectivity index (χ0) is 18.4. The Morgan fingerprint density at radius 1 is 1.08 bits per heavy atom. The van der Waals surface area contributed by atoms with Crippen LogP contribution < -0.4 is 4.74 Å². The second-order valence-electron chi connectivity index (χ2n) is 6.20. The van der Waals surface area contributed by atoms with Crippen LogP contribution in [-0.2, 0) is 17.8 Å². The normalized spacial score (nSPS) is 10.6. The predicted molar refractivity (Wildman–Crippen MR) is 95.8 cm³/mol. The van der Waals surface area contributed by atoms with Crippen molar-refractivity contribution in [3.05, 3.63) is 65.2 Å². The van der Waals surface area contributed by atoms with E-state index in [-0.39, 0.29) is 24.0 Å². The Hall–Kier alpha value is -2.82. The number of ether oxygens (including phenoxy) is 1. The van der Waals surface area contributed by atoms with Crippen LogP contribution in [0.3, 0.4) is 0 Å². The van der Waals surface area contributed by atoms with E-state index in [4.69, 9.17) is 9.84 Å². The highest BCUT2D eigenvalue weighted by Gasteiger charge is 2.14. The molecule has 5 heteroatoms. The second-order valence-corrected chi connectivity index (χ2v) is 6.20. The van der Waals surface area contributed by atoms with Crippen LogP contribution in [0.25, 0.3) is 0 Å². The van der Waals surface area contributed by atoms with E-state index in [1.54, 1.807) is 36.2 Å². The highest BCUT2D eigenvalue weighted by molar-refractivity contribution is 5.87. The molecule has 0 bridgehead atoms. The molecule has 0 fully saturated rings. The van der Waals surface area contributed by atoms with Gasteiger partial charge in [0.15, 0.2) is 0 Å². The van der Waals surface area contributed by atoms with Gasteiger partial charge in [0.1, 0.15) is 5.75 Å². The zero-order valence-corrected chi connectivity index (χ0v) is 14.7. The lowest BCUT2D eigenvalue weighted by atomic mass is 10.1. The summed E-state index contributed by atoms with van der Waals surface area (Å²) in [4.78, 5) is 25.0. The van der Waals surface area contributed by atoms with Crippen LogP contribution in [0.5, 0.6) is 5.75 Å². The van der Waals surface area contributed by atoms with Crippen molar-refractivity contribution in [3.63, 3.8) is 0 Å². The van der Waals surface area contributed by atoms with Gasteiger partial charge in [0, 0.05) is 19.2 Å². The van der Waals surface area contributed by atoms with Crippen molar-refractivity contribution in [2.75, 3.05) is 7.05 Å². The minimum atomic E-state index is -0.960. The molecule has 0 aliphatic heterocycles. The predicted octanol–water partition coefficient (Wildman–Crippen LogP) is 3.37. The summed E-state index contributed by atoms with van der Waals surface area (Å²) in [6.07, 6.45) is 0.300. The highest BCUT2D eigenvalue weighted by atomic mass is 16.5. The molecule has 2 rings (SSSR count). The highest BCUT2D eigenvalue weighted by Crippen LogP contribution is 2.20. The number of amides is 1. The number of hydrogen-bond donors (Lipinski definition) is 1. The third-order valence-electron chi connectivity index (χ3n) is 3.72. The molecule has 0 saturated heterocycles. The molecule has 0 unspecified atom stereocenters. The summed E-state index contributed by atoms with van der Waals surface area (Å²) < 4.78 is 5.75. The number of hydrogen-bond acceptors (Lipinski definition) is 3. The maximum absolute atomic E-state index is 12.5. The average molecular weight is 341 g/mol. The number of rotatable bonds is 7. The van der Waals surface area contributed by atoms with Crippen LogP contribution in [0.15, 0.2) is 48.5 Å². The Bertz CT molecular complexity index is 738. The Balaban J connectivity index is 2.02. The van der Waals surface area contributed by atoms with Crippen LogP contribution in [-0.4, -0.2) is 35.0 Å². The number of para-hydroxylation sites is 1. The van der Waals surface area contributed by atoms with Crippen molar-refractivity contribution in [1.82, 2.24) is 4.90 Å². The van der Waals surface area contributed by atoms with Crippen molar-refractivity contribution in [1.29, 1.82) is 0 Å². The quantitative estimate of drug-likeness (QED) is 0.838. The fourth-order valence-corrected chi connectivity index (χ4v) is 2.43. The fraction of sp³-hybridized carbons (Fsp3) is 0.300. The Morgan fingerprint density at radius 2 is 1.72 bits per heavy atom. The first-order chi connectivity index (χ1) is 11.9. The van der Waals surface area contributed by atoms with E-state index < -0.39 is 5.97 Å². The van der Waals surface area contributed by atoms with Gasteiger partial charge >= 0.3 is 5.97 Å². The molecule has 1 amide bonds. The number of carbonyl (C=O) groups is 2. The first kappa shape index (κ1) is 18.5. The molecule has 0 spiro atoms. The molecular weight excluding hydrogens is 318 g/mol.